The number of sulfone groups is 1. The number of rotatable bonds is 4. The minimum Gasteiger partial charge on any atom is -0.339 e. The summed E-state index contributed by atoms with van der Waals surface area (Å²) in [5.74, 6) is -2.33. The number of aryl methyl sites for hydroxylation is 1. The van der Waals surface area contributed by atoms with Crippen LogP contribution in [0.2, 0.25) is 0 Å². The van der Waals surface area contributed by atoms with Gasteiger partial charge >= 0.3 is 6.18 Å². The van der Waals surface area contributed by atoms with E-state index in [9.17, 15) is 40.0 Å². The summed E-state index contributed by atoms with van der Waals surface area (Å²) in [6, 6.07) is 7.68. The number of hydrogen-bond acceptors (Lipinski definition) is 4. The predicted octanol–water partition coefficient (Wildman–Crippen LogP) is 4.91. The monoisotopic (exact) mass is 598 g/mol. The van der Waals surface area contributed by atoms with Crippen LogP contribution in [0.1, 0.15) is 49.8 Å². The summed E-state index contributed by atoms with van der Waals surface area (Å²) in [6.07, 6.45) is -4.56. The molecule has 0 radical (unpaired) electrons. The first kappa shape index (κ1) is 29.5. The molecule has 6 nitrogen and oxygen atoms in total. The van der Waals surface area contributed by atoms with Crippen molar-refractivity contribution in [3.05, 3.63) is 65.0 Å². The van der Waals surface area contributed by atoms with Crippen molar-refractivity contribution in [3.63, 3.8) is 0 Å². The number of fused-ring (bicyclic) bond motifs is 3. The highest BCUT2D eigenvalue weighted by molar-refractivity contribution is 7.92. The first-order chi connectivity index (χ1) is 19.1. The van der Waals surface area contributed by atoms with Crippen LogP contribution in [0.5, 0.6) is 0 Å². The Morgan fingerprint density at radius 1 is 0.927 bits per heavy atom. The Hall–Kier alpha value is -3.02. The normalized spacial score (nSPS) is 26.2. The number of nitrogens with zero attached hydrogens (tertiary/aromatic N) is 2. The predicted molar refractivity (Wildman–Crippen MR) is 140 cm³/mol. The molecule has 12 heteroatoms. The van der Waals surface area contributed by atoms with E-state index >= 15 is 0 Å². The molecule has 0 N–H and O–H groups in total. The van der Waals surface area contributed by atoms with E-state index in [0.29, 0.717) is 38.7 Å². The smallest absolute Gasteiger partial charge is 0.339 e. The molecule has 2 amide bonds. The van der Waals surface area contributed by atoms with E-state index in [1.807, 2.05) is 0 Å². The third kappa shape index (κ3) is 4.62. The van der Waals surface area contributed by atoms with E-state index in [0.717, 1.165) is 36.4 Å². The number of piperazine rings is 1. The van der Waals surface area contributed by atoms with Crippen molar-refractivity contribution in [1.29, 1.82) is 0 Å². The minimum absolute atomic E-state index is 0.0275. The Morgan fingerprint density at radius 2 is 1.54 bits per heavy atom. The van der Waals surface area contributed by atoms with Crippen LogP contribution in [-0.2, 0) is 36.3 Å². The summed E-state index contributed by atoms with van der Waals surface area (Å²) in [4.78, 5) is 28.6. The van der Waals surface area contributed by atoms with Crippen molar-refractivity contribution >= 4 is 21.7 Å². The highest BCUT2D eigenvalue weighted by Crippen LogP contribution is 2.60. The van der Waals surface area contributed by atoms with E-state index in [4.69, 9.17) is 0 Å². The number of carbonyl (C=O) groups excluding carboxylic acids is 2. The summed E-state index contributed by atoms with van der Waals surface area (Å²) in [5.41, 5.74) is -3.71. The second-order valence-corrected chi connectivity index (χ2v) is 13.5. The number of hydrogen-bond donors (Lipinski definition) is 0. The molecular weight excluding hydrogens is 567 g/mol. The van der Waals surface area contributed by atoms with E-state index in [-0.39, 0.29) is 48.0 Å². The molecule has 2 aromatic carbocycles. The summed E-state index contributed by atoms with van der Waals surface area (Å²) >= 11 is 0. The maximum Gasteiger partial charge on any atom is 0.426 e. The van der Waals surface area contributed by atoms with Crippen LogP contribution in [0.3, 0.4) is 0 Å². The molecule has 2 aromatic rings. The van der Waals surface area contributed by atoms with Crippen LogP contribution in [-0.4, -0.2) is 62.4 Å². The van der Waals surface area contributed by atoms with Gasteiger partial charge in [0.15, 0.2) is 9.84 Å². The molecule has 1 saturated carbocycles. The third-order valence-electron chi connectivity index (χ3n) is 9.23. The molecule has 4 atom stereocenters. The first-order valence-corrected chi connectivity index (χ1v) is 15.0. The Kier molecular flexibility index (Phi) is 7.23. The van der Waals surface area contributed by atoms with E-state index in [2.05, 4.69) is 0 Å². The third-order valence-corrected chi connectivity index (χ3v) is 11.8. The lowest BCUT2D eigenvalue weighted by atomic mass is 9.72. The van der Waals surface area contributed by atoms with Crippen LogP contribution < -0.4 is 0 Å². The minimum atomic E-state index is -5.17. The first-order valence-electron chi connectivity index (χ1n) is 13.6. The molecule has 1 unspecified atom stereocenters. The van der Waals surface area contributed by atoms with Gasteiger partial charge in [0.2, 0.25) is 17.5 Å². The van der Waals surface area contributed by atoms with Crippen LogP contribution in [0.4, 0.5) is 22.0 Å². The molecular formula is C29H31F5N2O4S. The highest BCUT2D eigenvalue weighted by Gasteiger charge is 2.62. The second kappa shape index (κ2) is 10.1. The maximum atomic E-state index is 14.9. The SMILES string of the molecule is CC(=O)N1CCN(C(=O)[C@@H]2CC[C@@]3(S(=O)(=O)c4ccc(F)cc4)c4ccc(C(C)(F)C(F)(F)F)cc4CC[C@@H]23)CC1. The average molecular weight is 599 g/mol. The van der Waals surface area contributed by atoms with E-state index < -0.39 is 49.6 Å². The number of benzene rings is 2. The standard InChI is InChI=1S/C29H31F5N2O4S/c1-18(37)35-13-15-36(16-14-35)26(38)23-11-12-28(41(39,40)22-7-5-21(30)6-8-22)24-10-4-20(27(2,31)29(32,33)34)17-19(24)3-9-25(23)28/h4-8,10,17,23,25H,3,9,11-16H2,1-2H3/t23-,25+,27?,28-/m1/s1. The number of amides is 2. The zero-order valence-corrected chi connectivity index (χ0v) is 23.5. The molecule has 2 fully saturated rings. The molecule has 5 rings (SSSR count). The van der Waals surface area contributed by atoms with Crippen molar-refractivity contribution < 1.29 is 40.0 Å². The fraction of sp³-hybridized carbons (Fsp3) is 0.517. The molecule has 0 spiro atoms. The van der Waals surface area contributed by atoms with Gasteiger partial charge in [-0.25, -0.2) is 17.2 Å². The summed E-state index contributed by atoms with van der Waals surface area (Å²) < 4.78 is 96.3. The summed E-state index contributed by atoms with van der Waals surface area (Å²) in [6.45, 7) is 3.24. The van der Waals surface area contributed by atoms with E-state index in [1.165, 1.54) is 13.0 Å². The van der Waals surface area contributed by atoms with Gasteiger partial charge in [-0.2, -0.15) is 13.2 Å². The van der Waals surface area contributed by atoms with Gasteiger partial charge in [0, 0.05) is 39.0 Å². The van der Waals surface area contributed by atoms with Gasteiger partial charge < -0.3 is 9.80 Å². The van der Waals surface area contributed by atoms with Crippen molar-refractivity contribution in [1.82, 2.24) is 9.80 Å². The van der Waals surface area contributed by atoms with Crippen LogP contribution >= 0.6 is 0 Å². The molecule has 1 heterocycles. The lowest BCUT2D eigenvalue weighted by molar-refractivity contribution is -0.228. The topological polar surface area (TPSA) is 74.8 Å². The fourth-order valence-corrected chi connectivity index (χ4v) is 9.38. The quantitative estimate of drug-likeness (QED) is 0.371. The Morgan fingerprint density at radius 3 is 2.12 bits per heavy atom. The number of alkyl halides is 4. The number of halogens is 5. The molecule has 1 saturated heterocycles. The zero-order chi connectivity index (χ0) is 30.0. The van der Waals surface area contributed by atoms with Crippen LogP contribution in [0.25, 0.3) is 0 Å². The van der Waals surface area contributed by atoms with E-state index in [1.54, 1.807) is 9.80 Å². The highest BCUT2D eigenvalue weighted by atomic mass is 32.2. The van der Waals surface area contributed by atoms with Gasteiger partial charge in [-0.05, 0) is 79.5 Å². The Labute approximate surface area is 235 Å². The fourth-order valence-electron chi connectivity index (χ4n) is 6.90. The van der Waals surface area contributed by atoms with Gasteiger partial charge in [-0.1, -0.05) is 18.2 Å². The molecule has 1 aliphatic heterocycles. The van der Waals surface area contributed by atoms with Gasteiger partial charge in [0.25, 0.3) is 0 Å². The lowest BCUT2D eigenvalue weighted by Gasteiger charge is -2.43. The van der Waals surface area contributed by atoms with Gasteiger partial charge in [-0.15, -0.1) is 0 Å². The molecule has 41 heavy (non-hydrogen) atoms. The number of carbonyl (C=O) groups is 2. The van der Waals surface area contributed by atoms with Crippen LogP contribution in [0.15, 0.2) is 47.4 Å². The maximum absolute atomic E-state index is 14.9. The van der Waals surface area contributed by atoms with Gasteiger partial charge in [-0.3, -0.25) is 9.59 Å². The summed E-state index contributed by atoms with van der Waals surface area (Å²) in [5, 5.41) is 0. The lowest BCUT2D eigenvalue weighted by Crippen LogP contribution is -2.53. The zero-order valence-electron chi connectivity index (χ0n) is 22.7. The summed E-state index contributed by atoms with van der Waals surface area (Å²) in [7, 11) is -4.29. The average Bonchev–Trinajstić information content (AvgIpc) is 3.34. The van der Waals surface area contributed by atoms with Crippen molar-refractivity contribution in [2.45, 2.75) is 61.0 Å². The Balaban J connectivity index is 1.59. The van der Waals surface area contributed by atoms with Crippen molar-refractivity contribution in [2.24, 2.45) is 11.8 Å². The van der Waals surface area contributed by atoms with Gasteiger partial charge in [0.05, 0.1) is 4.90 Å². The molecule has 222 valence electrons. The van der Waals surface area contributed by atoms with Crippen LogP contribution in [0, 0.1) is 17.7 Å². The molecule has 0 aromatic heterocycles. The Bertz CT molecular complexity index is 1470. The molecule has 2 aliphatic carbocycles. The van der Waals surface area contributed by atoms with Gasteiger partial charge in [0.1, 0.15) is 10.6 Å². The molecule has 3 aliphatic rings. The second-order valence-electron chi connectivity index (χ2n) is 11.3. The largest absolute Gasteiger partial charge is 0.426 e. The molecule has 0 bridgehead atoms. The van der Waals surface area contributed by atoms with Crippen molar-refractivity contribution in [3.8, 4) is 0 Å². The van der Waals surface area contributed by atoms with Crippen molar-refractivity contribution in [2.75, 3.05) is 26.2 Å².